The minimum Gasteiger partial charge on any atom is -0.454 e. The Kier molecular flexibility index (Phi) is 4.69. The molecule has 1 aliphatic rings. The Bertz CT molecular complexity index is 435. The van der Waals surface area contributed by atoms with Crippen LogP contribution in [-0.2, 0) is 0 Å². The van der Waals surface area contributed by atoms with Gasteiger partial charge in [0.2, 0.25) is 6.79 Å². The SMILES string of the molecule is C=C(C)C[C@@H](N)c1cc2c(cc1Cl)OCO2.Cl. The fourth-order valence-corrected chi connectivity index (χ4v) is 2.00. The van der Waals surface area contributed by atoms with E-state index in [1.807, 2.05) is 13.0 Å². The van der Waals surface area contributed by atoms with Crippen LogP contribution < -0.4 is 15.2 Å². The van der Waals surface area contributed by atoms with Crippen LogP contribution in [0, 0.1) is 0 Å². The van der Waals surface area contributed by atoms with Crippen LogP contribution in [0.3, 0.4) is 0 Å². The molecule has 1 atom stereocenters. The molecule has 1 aliphatic heterocycles. The zero-order valence-electron chi connectivity index (χ0n) is 9.53. The van der Waals surface area contributed by atoms with Crippen LogP contribution in [0.25, 0.3) is 0 Å². The maximum atomic E-state index is 6.14. The van der Waals surface area contributed by atoms with E-state index in [4.69, 9.17) is 26.8 Å². The van der Waals surface area contributed by atoms with Crippen molar-refractivity contribution in [1.29, 1.82) is 0 Å². The second-order valence-electron chi connectivity index (χ2n) is 3.99. The Labute approximate surface area is 112 Å². The summed E-state index contributed by atoms with van der Waals surface area (Å²) in [6.45, 7) is 6.03. The summed E-state index contributed by atoms with van der Waals surface area (Å²) >= 11 is 6.14. The summed E-state index contributed by atoms with van der Waals surface area (Å²) < 4.78 is 10.5. The fraction of sp³-hybridized carbons (Fsp3) is 0.333. The monoisotopic (exact) mass is 275 g/mol. The van der Waals surface area contributed by atoms with Gasteiger partial charge in [-0.05, 0) is 25.0 Å². The van der Waals surface area contributed by atoms with Gasteiger partial charge >= 0.3 is 0 Å². The first-order valence-corrected chi connectivity index (χ1v) is 5.44. The van der Waals surface area contributed by atoms with Gasteiger partial charge in [0.25, 0.3) is 0 Å². The molecule has 0 saturated carbocycles. The zero-order chi connectivity index (χ0) is 11.7. The van der Waals surface area contributed by atoms with Crippen LogP contribution in [0.1, 0.15) is 24.9 Å². The van der Waals surface area contributed by atoms with Crippen molar-refractivity contribution in [2.45, 2.75) is 19.4 Å². The molecule has 0 unspecified atom stereocenters. The molecular formula is C12H15Cl2NO2. The van der Waals surface area contributed by atoms with Crippen molar-refractivity contribution < 1.29 is 9.47 Å². The van der Waals surface area contributed by atoms with E-state index in [9.17, 15) is 0 Å². The van der Waals surface area contributed by atoms with Gasteiger partial charge in [-0.3, -0.25) is 0 Å². The maximum absolute atomic E-state index is 6.14. The number of hydrogen-bond donors (Lipinski definition) is 1. The number of ether oxygens (including phenoxy) is 2. The summed E-state index contributed by atoms with van der Waals surface area (Å²) in [7, 11) is 0. The van der Waals surface area contributed by atoms with Crippen LogP contribution in [0.4, 0.5) is 0 Å². The zero-order valence-corrected chi connectivity index (χ0v) is 11.1. The number of halogens is 2. The molecule has 0 fully saturated rings. The Hall–Kier alpha value is -0.900. The van der Waals surface area contributed by atoms with Crippen LogP contribution in [0.2, 0.25) is 5.02 Å². The van der Waals surface area contributed by atoms with Crippen molar-refractivity contribution in [2.75, 3.05) is 6.79 Å². The predicted molar refractivity (Wildman–Crippen MR) is 71.2 cm³/mol. The highest BCUT2D eigenvalue weighted by atomic mass is 35.5. The molecule has 1 heterocycles. The maximum Gasteiger partial charge on any atom is 0.231 e. The molecule has 1 aromatic carbocycles. The predicted octanol–water partition coefficient (Wildman–Crippen LogP) is 3.46. The van der Waals surface area contributed by atoms with Crippen LogP contribution in [0.5, 0.6) is 11.5 Å². The standard InChI is InChI=1S/C12H14ClNO2.ClH/c1-7(2)3-10(14)8-4-11-12(5-9(8)13)16-6-15-11;/h4-5,10H,1,3,6,14H2,2H3;1H/t10-;/m1./s1. The molecule has 3 nitrogen and oxygen atoms in total. The van der Waals surface area contributed by atoms with Gasteiger partial charge in [0.05, 0.1) is 0 Å². The summed E-state index contributed by atoms with van der Waals surface area (Å²) in [6, 6.07) is 3.44. The number of rotatable bonds is 3. The fourth-order valence-electron chi connectivity index (χ4n) is 1.70. The molecule has 0 spiro atoms. The van der Waals surface area contributed by atoms with Crippen molar-refractivity contribution in [1.82, 2.24) is 0 Å². The second kappa shape index (κ2) is 5.63. The van der Waals surface area contributed by atoms with E-state index in [0.717, 1.165) is 11.1 Å². The van der Waals surface area contributed by atoms with E-state index in [1.165, 1.54) is 0 Å². The minimum atomic E-state index is -0.153. The Morgan fingerprint density at radius 2 is 2.06 bits per heavy atom. The van der Waals surface area contributed by atoms with Gasteiger partial charge < -0.3 is 15.2 Å². The normalized spacial score (nSPS) is 14.1. The number of fused-ring (bicyclic) bond motifs is 1. The molecule has 0 aliphatic carbocycles. The highest BCUT2D eigenvalue weighted by Gasteiger charge is 2.19. The first kappa shape index (κ1) is 14.2. The summed E-state index contributed by atoms with van der Waals surface area (Å²) in [4.78, 5) is 0. The first-order valence-electron chi connectivity index (χ1n) is 5.07. The summed E-state index contributed by atoms with van der Waals surface area (Å²) in [5, 5.41) is 0.609. The number of hydrogen-bond acceptors (Lipinski definition) is 3. The molecule has 5 heteroatoms. The number of benzene rings is 1. The summed E-state index contributed by atoms with van der Waals surface area (Å²) in [5.74, 6) is 1.38. The smallest absolute Gasteiger partial charge is 0.231 e. The van der Waals surface area contributed by atoms with Gasteiger partial charge in [-0.15, -0.1) is 19.0 Å². The summed E-state index contributed by atoms with van der Waals surface area (Å²) in [5.41, 5.74) is 7.95. The van der Waals surface area contributed by atoms with Gasteiger partial charge in [0.1, 0.15) is 0 Å². The molecule has 1 aromatic rings. The molecule has 0 saturated heterocycles. The first-order chi connectivity index (χ1) is 7.58. The quantitative estimate of drug-likeness (QED) is 0.860. The highest BCUT2D eigenvalue weighted by molar-refractivity contribution is 6.31. The van der Waals surface area contributed by atoms with Crippen LogP contribution in [-0.4, -0.2) is 6.79 Å². The third-order valence-electron chi connectivity index (χ3n) is 2.46. The number of nitrogens with two attached hydrogens (primary N) is 1. The molecule has 0 amide bonds. The molecule has 0 bridgehead atoms. The van der Waals surface area contributed by atoms with E-state index in [-0.39, 0.29) is 25.2 Å². The Morgan fingerprint density at radius 1 is 1.47 bits per heavy atom. The van der Waals surface area contributed by atoms with E-state index in [1.54, 1.807) is 6.07 Å². The topological polar surface area (TPSA) is 44.5 Å². The average molecular weight is 276 g/mol. The van der Waals surface area contributed by atoms with Gasteiger partial charge in [0.15, 0.2) is 11.5 Å². The Balaban J connectivity index is 0.00000144. The lowest BCUT2D eigenvalue weighted by molar-refractivity contribution is 0.174. The largest absolute Gasteiger partial charge is 0.454 e. The van der Waals surface area contributed by atoms with Crippen molar-refractivity contribution >= 4 is 24.0 Å². The van der Waals surface area contributed by atoms with Crippen molar-refractivity contribution in [3.63, 3.8) is 0 Å². The molecule has 2 N–H and O–H groups in total. The van der Waals surface area contributed by atoms with Gasteiger partial charge in [-0.1, -0.05) is 17.2 Å². The lowest BCUT2D eigenvalue weighted by atomic mass is 10.0. The molecule has 2 rings (SSSR count). The lowest BCUT2D eigenvalue weighted by Gasteiger charge is -2.14. The van der Waals surface area contributed by atoms with Gasteiger partial charge in [-0.25, -0.2) is 0 Å². The third kappa shape index (κ3) is 3.06. The molecule has 0 radical (unpaired) electrons. The van der Waals surface area contributed by atoms with Crippen molar-refractivity contribution in [3.8, 4) is 11.5 Å². The highest BCUT2D eigenvalue weighted by Crippen LogP contribution is 2.39. The molecule has 0 aromatic heterocycles. The van der Waals surface area contributed by atoms with Crippen molar-refractivity contribution in [3.05, 3.63) is 34.9 Å². The van der Waals surface area contributed by atoms with Crippen LogP contribution in [0.15, 0.2) is 24.3 Å². The molecular weight excluding hydrogens is 261 g/mol. The van der Waals surface area contributed by atoms with Gasteiger partial charge in [0, 0.05) is 17.1 Å². The van der Waals surface area contributed by atoms with Gasteiger partial charge in [-0.2, -0.15) is 0 Å². The minimum absolute atomic E-state index is 0. The second-order valence-corrected chi connectivity index (χ2v) is 4.40. The van der Waals surface area contributed by atoms with Crippen LogP contribution >= 0.6 is 24.0 Å². The third-order valence-corrected chi connectivity index (χ3v) is 2.79. The van der Waals surface area contributed by atoms with E-state index in [0.29, 0.717) is 22.9 Å². The van der Waals surface area contributed by atoms with E-state index >= 15 is 0 Å². The average Bonchev–Trinajstić information content (AvgIpc) is 2.61. The molecule has 94 valence electrons. The van der Waals surface area contributed by atoms with E-state index in [2.05, 4.69) is 6.58 Å². The van der Waals surface area contributed by atoms with E-state index < -0.39 is 0 Å². The Morgan fingerprint density at radius 3 is 2.65 bits per heavy atom. The summed E-state index contributed by atoms with van der Waals surface area (Å²) in [6.07, 6.45) is 0.708. The van der Waals surface area contributed by atoms with Crippen molar-refractivity contribution in [2.24, 2.45) is 5.73 Å². The lowest BCUT2D eigenvalue weighted by Crippen LogP contribution is -2.11. The molecule has 17 heavy (non-hydrogen) atoms.